The Balaban J connectivity index is 1.75. The molecule has 1 aliphatic carbocycles. The van der Waals surface area contributed by atoms with Gasteiger partial charge < -0.3 is 5.32 Å². The molecule has 0 bridgehead atoms. The first-order chi connectivity index (χ1) is 9.18. The summed E-state index contributed by atoms with van der Waals surface area (Å²) in [5.74, 6) is 3.62. The summed E-state index contributed by atoms with van der Waals surface area (Å²) >= 11 is 3.92. The Kier molecular flexibility index (Phi) is 4.06. The fourth-order valence-electron chi connectivity index (χ4n) is 2.56. The van der Waals surface area contributed by atoms with Crippen molar-refractivity contribution in [2.75, 3.05) is 23.0 Å². The van der Waals surface area contributed by atoms with Gasteiger partial charge in [0, 0.05) is 40.7 Å². The normalized spacial score (nSPS) is 23.1. The molecule has 1 aromatic rings. The minimum atomic E-state index is -0.479. The summed E-state index contributed by atoms with van der Waals surface area (Å²) in [6.45, 7) is 0. The molecule has 0 aromatic heterocycles. The topological polar surface area (TPSA) is 12.0 Å². The molecule has 1 aliphatic heterocycles. The Morgan fingerprint density at radius 1 is 1.00 bits per heavy atom. The lowest BCUT2D eigenvalue weighted by atomic mass is 10.0. The van der Waals surface area contributed by atoms with Crippen molar-refractivity contribution >= 4 is 23.5 Å². The Morgan fingerprint density at radius 2 is 1.58 bits per heavy atom. The second-order valence-corrected chi connectivity index (χ2v) is 7.53. The zero-order valence-electron chi connectivity index (χ0n) is 10.6. The quantitative estimate of drug-likeness (QED) is 0.919. The van der Waals surface area contributed by atoms with Crippen molar-refractivity contribution < 1.29 is 8.78 Å². The van der Waals surface area contributed by atoms with Gasteiger partial charge in [-0.3, -0.25) is 0 Å². The molecule has 104 valence electrons. The number of halogens is 2. The monoisotopic (exact) mass is 301 g/mol. The van der Waals surface area contributed by atoms with Gasteiger partial charge in [0.05, 0.1) is 0 Å². The van der Waals surface area contributed by atoms with Crippen LogP contribution in [-0.4, -0.2) is 29.1 Å². The number of hydrogen-bond donors (Lipinski definition) is 1. The van der Waals surface area contributed by atoms with E-state index in [1.54, 1.807) is 0 Å². The zero-order valence-corrected chi connectivity index (χ0v) is 12.3. The molecule has 0 atom stereocenters. The molecule has 0 unspecified atom stereocenters. The van der Waals surface area contributed by atoms with Crippen LogP contribution in [0.5, 0.6) is 0 Å². The van der Waals surface area contributed by atoms with Crippen molar-refractivity contribution in [3.05, 3.63) is 35.4 Å². The molecule has 1 saturated heterocycles. The molecule has 1 aromatic carbocycles. The van der Waals surface area contributed by atoms with Crippen LogP contribution in [0, 0.1) is 11.6 Å². The van der Waals surface area contributed by atoms with Gasteiger partial charge in [0.25, 0.3) is 0 Å². The van der Waals surface area contributed by atoms with E-state index in [-0.39, 0.29) is 5.54 Å². The molecule has 5 heteroatoms. The first kappa shape index (κ1) is 13.7. The maximum atomic E-state index is 13.4. The molecule has 2 fully saturated rings. The van der Waals surface area contributed by atoms with Crippen LogP contribution < -0.4 is 5.32 Å². The zero-order chi connectivity index (χ0) is 13.3. The number of rotatable bonds is 3. The molecule has 0 radical (unpaired) electrons. The van der Waals surface area contributed by atoms with Crippen LogP contribution in [0.25, 0.3) is 0 Å². The third-order valence-corrected chi connectivity index (χ3v) is 6.18. The molecule has 0 amide bonds. The van der Waals surface area contributed by atoms with E-state index in [0.717, 1.165) is 36.0 Å². The van der Waals surface area contributed by atoms with Crippen molar-refractivity contribution in [2.24, 2.45) is 0 Å². The Bertz CT molecular complexity index is 435. The average Bonchev–Trinajstić information content (AvgIpc) is 3.14. The molecule has 3 rings (SSSR count). The second kappa shape index (κ2) is 5.62. The van der Waals surface area contributed by atoms with Gasteiger partial charge in [0.2, 0.25) is 0 Å². The van der Waals surface area contributed by atoms with Crippen LogP contribution >= 0.6 is 23.5 Å². The summed E-state index contributed by atoms with van der Waals surface area (Å²) in [4.78, 5) is 0. The predicted octanol–water partition coefficient (Wildman–Crippen LogP) is 3.39. The largest absolute Gasteiger partial charge is 0.303 e. The van der Waals surface area contributed by atoms with Gasteiger partial charge in [-0.15, -0.1) is 0 Å². The van der Waals surface area contributed by atoms with Crippen LogP contribution in [0.4, 0.5) is 8.78 Å². The van der Waals surface area contributed by atoms with E-state index >= 15 is 0 Å². The Morgan fingerprint density at radius 3 is 2.11 bits per heavy atom. The van der Waals surface area contributed by atoms with Gasteiger partial charge in [0.15, 0.2) is 0 Å². The smallest absolute Gasteiger partial charge is 0.126 e. The van der Waals surface area contributed by atoms with Crippen molar-refractivity contribution in [3.8, 4) is 0 Å². The maximum Gasteiger partial charge on any atom is 0.126 e. The van der Waals surface area contributed by atoms with E-state index < -0.39 is 11.6 Å². The van der Waals surface area contributed by atoms with Crippen molar-refractivity contribution in [3.63, 3.8) is 0 Å². The average molecular weight is 301 g/mol. The van der Waals surface area contributed by atoms with Crippen molar-refractivity contribution in [1.29, 1.82) is 0 Å². The third-order valence-electron chi connectivity index (χ3n) is 3.66. The summed E-state index contributed by atoms with van der Waals surface area (Å²) in [6.07, 6.45) is 1.95. The highest BCUT2D eigenvalue weighted by atomic mass is 32.2. The molecule has 19 heavy (non-hydrogen) atoms. The standard InChI is InChI=1S/C14H17F2NS2/c15-11-5-10(6-12(16)7-11)14(1-2-14)17-13-8-18-3-4-19-9-13/h5-7,13,17H,1-4,8-9H2. The van der Waals surface area contributed by atoms with Gasteiger partial charge in [-0.25, -0.2) is 8.78 Å². The molecule has 1 N–H and O–H groups in total. The molecule has 1 saturated carbocycles. The number of thioether (sulfide) groups is 2. The van der Waals surface area contributed by atoms with Crippen molar-refractivity contribution in [2.45, 2.75) is 24.4 Å². The Hall–Kier alpha value is -0.260. The molecule has 1 nitrogen and oxygen atoms in total. The highest BCUT2D eigenvalue weighted by Gasteiger charge is 2.45. The van der Waals surface area contributed by atoms with Gasteiger partial charge in [-0.2, -0.15) is 23.5 Å². The van der Waals surface area contributed by atoms with E-state index in [1.807, 2.05) is 23.5 Å². The lowest BCUT2D eigenvalue weighted by Gasteiger charge is -2.24. The summed E-state index contributed by atoms with van der Waals surface area (Å²) in [5.41, 5.74) is 0.586. The first-order valence-corrected chi connectivity index (χ1v) is 8.89. The van der Waals surface area contributed by atoms with Gasteiger partial charge in [0.1, 0.15) is 11.6 Å². The van der Waals surface area contributed by atoms with Crippen LogP contribution in [0.3, 0.4) is 0 Å². The third kappa shape index (κ3) is 3.26. The minimum absolute atomic E-state index is 0.181. The lowest BCUT2D eigenvalue weighted by molar-refractivity contribution is 0.463. The second-order valence-electron chi connectivity index (χ2n) is 5.23. The number of hydrogen-bond acceptors (Lipinski definition) is 3. The Labute approximate surface area is 120 Å². The minimum Gasteiger partial charge on any atom is -0.303 e. The van der Waals surface area contributed by atoms with E-state index in [4.69, 9.17) is 0 Å². The van der Waals surface area contributed by atoms with Crippen LogP contribution in [0.2, 0.25) is 0 Å². The number of benzene rings is 1. The maximum absolute atomic E-state index is 13.4. The molecule has 1 heterocycles. The molecular formula is C14H17F2NS2. The van der Waals surface area contributed by atoms with E-state index in [1.165, 1.54) is 23.6 Å². The van der Waals surface area contributed by atoms with E-state index in [9.17, 15) is 8.78 Å². The summed E-state index contributed by atoms with van der Waals surface area (Å²) in [6, 6.07) is 4.32. The highest BCUT2D eigenvalue weighted by Crippen LogP contribution is 2.46. The van der Waals surface area contributed by atoms with Gasteiger partial charge in [-0.05, 0) is 30.5 Å². The first-order valence-electron chi connectivity index (χ1n) is 6.58. The molecule has 0 spiro atoms. The number of nitrogens with one attached hydrogen (secondary N) is 1. The lowest BCUT2D eigenvalue weighted by Crippen LogP contribution is -2.41. The summed E-state index contributed by atoms with van der Waals surface area (Å²) in [7, 11) is 0. The fourth-order valence-corrected chi connectivity index (χ4v) is 4.96. The summed E-state index contributed by atoms with van der Waals surface area (Å²) in [5, 5.41) is 3.64. The SMILES string of the molecule is Fc1cc(F)cc(C2(NC3CSCCSC3)CC2)c1. The van der Waals surface area contributed by atoms with Crippen LogP contribution in [-0.2, 0) is 5.54 Å². The van der Waals surface area contributed by atoms with E-state index in [2.05, 4.69) is 5.32 Å². The fraction of sp³-hybridized carbons (Fsp3) is 0.571. The summed E-state index contributed by atoms with van der Waals surface area (Å²) < 4.78 is 26.7. The van der Waals surface area contributed by atoms with E-state index in [0.29, 0.717) is 6.04 Å². The molecular weight excluding hydrogens is 284 g/mol. The van der Waals surface area contributed by atoms with Crippen LogP contribution in [0.15, 0.2) is 18.2 Å². The predicted molar refractivity (Wildman–Crippen MR) is 78.8 cm³/mol. The van der Waals surface area contributed by atoms with Crippen LogP contribution in [0.1, 0.15) is 18.4 Å². The van der Waals surface area contributed by atoms with Gasteiger partial charge in [-0.1, -0.05) is 0 Å². The van der Waals surface area contributed by atoms with Crippen molar-refractivity contribution in [1.82, 2.24) is 5.32 Å². The highest BCUT2D eigenvalue weighted by molar-refractivity contribution is 8.03. The molecule has 2 aliphatic rings. The van der Waals surface area contributed by atoms with Gasteiger partial charge >= 0.3 is 0 Å².